The van der Waals surface area contributed by atoms with Gasteiger partial charge < -0.3 is 5.11 Å². The highest BCUT2D eigenvalue weighted by Gasteiger charge is 2.32. The molecule has 0 bridgehead atoms. The molecule has 1 saturated heterocycles. The van der Waals surface area contributed by atoms with E-state index in [9.17, 15) is 5.11 Å². The minimum Gasteiger partial charge on any atom is -0.508 e. The molecule has 0 spiro atoms. The smallest absolute Gasteiger partial charge is 0.115 e. The number of piperidine rings is 1. The molecule has 1 fully saturated rings. The van der Waals surface area contributed by atoms with Crippen LogP contribution in [0.2, 0.25) is 0 Å². The fraction of sp³-hybridized carbons (Fsp3) is 0.467. The van der Waals surface area contributed by atoms with Crippen LogP contribution in [0.4, 0.5) is 0 Å². The lowest BCUT2D eigenvalue weighted by Crippen LogP contribution is -2.44. The molecule has 92 valence electrons. The minimum atomic E-state index is 0.153. The summed E-state index contributed by atoms with van der Waals surface area (Å²) in [6.07, 6.45) is 4.36. The number of likely N-dealkylation sites (tertiary alicyclic amines) is 1. The zero-order chi connectivity index (χ0) is 12.3. The number of hydrogen-bond donors (Lipinski definition) is 1. The van der Waals surface area contributed by atoms with E-state index in [1.165, 1.54) is 18.4 Å². The van der Waals surface area contributed by atoms with E-state index in [0.717, 1.165) is 19.6 Å². The number of hydrogen-bond acceptors (Lipinski definition) is 2. The molecular formula is C15H21NO. The van der Waals surface area contributed by atoms with E-state index in [-0.39, 0.29) is 5.41 Å². The van der Waals surface area contributed by atoms with Gasteiger partial charge in [0.15, 0.2) is 0 Å². The quantitative estimate of drug-likeness (QED) is 0.808. The summed E-state index contributed by atoms with van der Waals surface area (Å²) in [7, 11) is 0. The summed E-state index contributed by atoms with van der Waals surface area (Å²) in [4.78, 5) is 2.43. The van der Waals surface area contributed by atoms with E-state index >= 15 is 0 Å². The highest BCUT2D eigenvalue weighted by atomic mass is 16.3. The molecule has 1 aliphatic rings. The zero-order valence-corrected chi connectivity index (χ0v) is 10.5. The van der Waals surface area contributed by atoms with Gasteiger partial charge in [-0.25, -0.2) is 0 Å². The van der Waals surface area contributed by atoms with E-state index in [2.05, 4.69) is 24.5 Å². The molecular weight excluding hydrogens is 210 g/mol. The van der Waals surface area contributed by atoms with Crippen molar-refractivity contribution in [2.45, 2.75) is 25.2 Å². The Morgan fingerprint density at radius 3 is 3.06 bits per heavy atom. The van der Waals surface area contributed by atoms with Crippen molar-refractivity contribution >= 4 is 0 Å². The standard InChI is InChI=1S/C15H21NO/c1-3-9-16-10-5-8-15(2,12-16)13-6-4-7-14(17)11-13/h3-4,6-7,11,17H,1,5,8-10,12H2,2H3/t15-/m0/s1. The average molecular weight is 231 g/mol. The molecule has 1 atom stereocenters. The molecule has 1 N–H and O–H groups in total. The topological polar surface area (TPSA) is 23.5 Å². The predicted molar refractivity (Wildman–Crippen MR) is 71.3 cm³/mol. The largest absolute Gasteiger partial charge is 0.508 e. The van der Waals surface area contributed by atoms with Crippen molar-refractivity contribution in [2.24, 2.45) is 0 Å². The number of aromatic hydroxyl groups is 1. The first kappa shape index (κ1) is 12.2. The molecule has 0 saturated carbocycles. The molecule has 0 amide bonds. The van der Waals surface area contributed by atoms with Crippen molar-refractivity contribution in [1.82, 2.24) is 4.90 Å². The van der Waals surface area contributed by atoms with Crippen LogP contribution in [0.5, 0.6) is 5.75 Å². The summed E-state index contributed by atoms with van der Waals surface area (Å²) in [5.41, 5.74) is 1.39. The molecule has 1 heterocycles. The van der Waals surface area contributed by atoms with Gasteiger partial charge in [0.1, 0.15) is 5.75 Å². The van der Waals surface area contributed by atoms with Gasteiger partial charge in [0.05, 0.1) is 0 Å². The van der Waals surface area contributed by atoms with E-state index in [1.54, 1.807) is 6.07 Å². The van der Waals surface area contributed by atoms with Gasteiger partial charge in [-0.1, -0.05) is 25.1 Å². The maximum absolute atomic E-state index is 9.60. The minimum absolute atomic E-state index is 0.153. The maximum Gasteiger partial charge on any atom is 0.115 e. The van der Waals surface area contributed by atoms with Crippen molar-refractivity contribution in [3.05, 3.63) is 42.5 Å². The Labute approximate surface area is 104 Å². The number of nitrogens with zero attached hydrogens (tertiary/aromatic N) is 1. The second-order valence-electron chi connectivity index (χ2n) is 5.24. The molecule has 0 radical (unpaired) electrons. The third-order valence-corrected chi connectivity index (χ3v) is 3.71. The number of phenolic OH excluding ortho intramolecular Hbond substituents is 1. The lowest BCUT2D eigenvalue weighted by atomic mass is 9.76. The summed E-state index contributed by atoms with van der Waals surface area (Å²) in [5.74, 6) is 0.365. The molecule has 1 aromatic rings. The van der Waals surface area contributed by atoms with Crippen LogP contribution in [0.3, 0.4) is 0 Å². The molecule has 2 nitrogen and oxygen atoms in total. The highest BCUT2D eigenvalue weighted by molar-refractivity contribution is 5.33. The van der Waals surface area contributed by atoms with Crippen molar-refractivity contribution in [3.63, 3.8) is 0 Å². The Morgan fingerprint density at radius 2 is 2.35 bits per heavy atom. The maximum atomic E-state index is 9.60. The summed E-state index contributed by atoms with van der Waals surface area (Å²) >= 11 is 0. The second kappa shape index (κ2) is 4.92. The Hall–Kier alpha value is -1.28. The molecule has 0 unspecified atom stereocenters. The van der Waals surface area contributed by atoms with E-state index in [0.29, 0.717) is 5.75 Å². The molecule has 0 aromatic heterocycles. The monoisotopic (exact) mass is 231 g/mol. The van der Waals surface area contributed by atoms with E-state index < -0.39 is 0 Å². The van der Waals surface area contributed by atoms with Gasteiger partial charge in [0, 0.05) is 18.5 Å². The number of rotatable bonds is 3. The summed E-state index contributed by atoms with van der Waals surface area (Å²) in [5, 5.41) is 9.60. The van der Waals surface area contributed by atoms with Crippen molar-refractivity contribution in [1.29, 1.82) is 0 Å². The van der Waals surface area contributed by atoms with Gasteiger partial charge in [-0.3, -0.25) is 4.90 Å². The van der Waals surface area contributed by atoms with Crippen LogP contribution in [0.25, 0.3) is 0 Å². The van der Waals surface area contributed by atoms with Crippen LogP contribution in [0, 0.1) is 0 Å². The van der Waals surface area contributed by atoms with Crippen LogP contribution in [-0.2, 0) is 5.41 Å². The van der Waals surface area contributed by atoms with Gasteiger partial charge in [-0.05, 0) is 37.1 Å². The van der Waals surface area contributed by atoms with Crippen molar-refractivity contribution in [3.8, 4) is 5.75 Å². The van der Waals surface area contributed by atoms with Gasteiger partial charge >= 0.3 is 0 Å². The normalized spacial score (nSPS) is 25.7. The van der Waals surface area contributed by atoms with Crippen LogP contribution in [0.15, 0.2) is 36.9 Å². The molecule has 17 heavy (non-hydrogen) atoms. The average Bonchev–Trinajstić information content (AvgIpc) is 2.30. The first-order chi connectivity index (χ1) is 8.14. The molecule has 2 heteroatoms. The first-order valence-electron chi connectivity index (χ1n) is 6.27. The third kappa shape index (κ3) is 2.70. The fourth-order valence-electron chi connectivity index (χ4n) is 2.80. The van der Waals surface area contributed by atoms with Crippen LogP contribution in [-0.4, -0.2) is 29.6 Å². The second-order valence-corrected chi connectivity index (χ2v) is 5.24. The van der Waals surface area contributed by atoms with E-state index in [4.69, 9.17) is 0 Å². The lowest BCUT2D eigenvalue weighted by Gasteiger charge is -2.40. The first-order valence-corrected chi connectivity index (χ1v) is 6.27. The highest BCUT2D eigenvalue weighted by Crippen LogP contribution is 2.34. The van der Waals surface area contributed by atoms with Crippen molar-refractivity contribution < 1.29 is 5.11 Å². The van der Waals surface area contributed by atoms with Gasteiger partial charge in [0.25, 0.3) is 0 Å². The van der Waals surface area contributed by atoms with E-state index in [1.807, 2.05) is 18.2 Å². The summed E-state index contributed by atoms with van der Waals surface area (Å²) < 4.78 is 0. The fourth-order valence-corrected chi connectivity index (χ4v) is 2.80. The van der Waals surface area contributed by atoms with Gasteiger partial charge in [-0.2, -0.15) is 0 Å². The molecule has 2 rings (SSSR count). The Bertz CT molecular complexity index is 402. The van der Waals surface area contributed by atoms with Crippen LogP contribution in [0.1, 0.15) is 25.3 Å². The SMILES string of the molecule is C=CCN1CCC[C@](C)(c2cccc(O)c2)C1. The molecule has 0 aliphatic carbocycles. The third-order valence-electron chi connectivity index (χ3n) is 3.71. The predicted octanol–water partition coefficient (Wildman–Crippen LogP) is 2.93. The van der Waals surface area contributed by atoms with Crippen LogP contribution >= 0.6 is 0 Å². The number of phenols is 1. The van der Waals surface area contributed by atoms with Gasteiger partial charge in [-0.15, -0.1) is 6.58 Å². The summed E-state index contributed by atoms with van der Waals surface area (Å²) in [6, 6.07) is 7.69. The van der Waals surface area contributed by atoms with Gasteiger partial charge in [0.2, 0.25) is 0 Å². The van der Waals surface area contributed by atoms with Crippen molar-refractivity contribution in [2.75, 3.05) is 19.6 Å². The summed E-state index contributed by atoms with van der Waals surface area (Å²) in [6.45, 7) is 9.25. The Balaban J connectivity index is 2.20. The molecule has 1 aliphatic heterocycles. The molecule has 1 aromatic carbocycles. The lowest BCUT2D eigenvalue weighted by molar-refractivity contribution is 0.171. The zero-order valence-electron chi connectivity index (χ0n) is 10.5. The Morgan fingerprint density at radius 1 is 1.53 bits per heavy atom. The van der Waals surface area contributed by atoms with Crippen LogP contribution < -0.4 is 0 Å². The number of benzene rings is 1. The Kier molecular flexibility index (Phi) is 3.53.